The maximum atomic E-state index is 13.6. The van der Waals surface area contributed by atoms with E-state index in [9.17, 15) is 14.0 Å². The van der Waals surface area contributed by atoms with Gasteiger partial charge in [0, 0.05) is 23.6 Å². The molecule has 0 unspecified atom stereocenters. The first-order valence-electron chi connectivity index (χ1n) is 8.24. The Balaban J connectivity index is 1.73. The number of imide groups is 1. The topological polar surface area (TPSA) is 65.2 Å². The monoisotopic (exact) mass is 331 g/mol. The van der Waals surface area contributed by atoms with E-state index in [1.54, 1.807) is 13.0 Å². The second-order valence-electron chi connectivity index (χ2n) is 6.83. The smallest absolute Gasteiger partial charge is 0.324 e. The third-order valence-corrected chi connectivity index (χ3v) is 4.47. The number of nitrogens with zero attached hydrogens (tertiary/aromatic N) is 1. The van der Waals surface area contributed by atoms with Gasteiger partial charge in [-0.2, -0.15) is 0 Å². The third-order valence-electron chi connectivity index (χ3n) is 4.47. The van der Waals surface area contributed by atoms with Crippen LogP contribution in [-0.2, 0) is 11.2 Å². The molecule has 2 N–H and O–H groups in total. The second kappa shape index (κ2) is 6.26. The number of urea groups is 1. The molecule has 128 valence electrons. The van der Waals surface area contributed by atoms with Gasteiger partial charge in [0.05, 0.1) is 0 Å². The zero-order valence-corrected chi connectivity index (χ0v) is 14.1. The predicted molar refractivity (Wildman–Crippen MR) is 90.2 cm³/mol. The summed E-state index contributed by atoms with van der Waals surface area (Å²) in [6.07, 6.45) is 3.00. The fourth-order valence-electron chi connectivity index (χ4n) is 3.17. The number of halogens is 1. The molecule has 0 bridgehead atoms. The molecule has 0 spiro atoms. The highest BCUT2D eigenvalue weighted by Gasteiger charge is 2.37. The molecule has 2 aromatic rings. The summed E-state index contributed by atoms with van der Waals surface area (Å²) in [4.78, 5) is 28.7. The lowest BCUT2D eigenvalue weighted by atomic mass is 10.0. The standard InChI is InChI=1S/C18H22FN3O2/c1-10(2)6-16-17(23)22(18(24)21-16)5-4-12-9-20-15-8-14(19)11(3)7-13(12)15/h7-10,16,20H,4-6H2,1-3H3,(H,21,24)/t16-/m0/s1. The van der Waals surface area contributed by atoms with Gasteiger partial charge in [-0.25, -0.2) is 9.18 Å². The summed E-state index contributed by atoms with van der Waals surface area (Å²) in [6, 6.07) is 2.52. The van der Waals surface area contributed by atoms with Crippen molar-refractivity contribution in [3.63, 3.8) is 0 Å². The van der Waals surface area contributed by atoms with Gasteiger partial charge >= 0.3 is 6.03 Å². The van der Waals surface area contributed by atoms with E-state index in [4.69, 9.17) is 0 Å². The third kappa shape index (κ3) is 3.00. The second-order valence-corrected chi connectivity index (χ2v) is 6.83. The fourth-order valence-corrected chi connectivity index (χ4v) is 3.17. The highest BCUT2D eigenvalue weighted by Crippen LogP contribution is 2.23. The minimum Gasteiger partial charge on any atom is -0.361 e. The van der Waals surface area contributed by atoms with Crippen LogP contribution in [0.3, 0.4) is 0 Å². The molecule has 5 nitrogen and oxygen atoms in total. The molecule has 1 atom stereocenters. The minimum absolute atomic E-state index is 0.157. The van der Waals surface area contributed by atoms with Crippen LogP contribution in [0.2, 0.25) is 0 Å². The first-order chi connectivity index (χ1) is 11.4. The number of nitrogens with one attached hydrogen (secondary N) is 2. The molecule has 1 aromatic heterocycles. The summed E-state index contributed by atoms with van der Waals surface area (Å²) in [6.45, 7) is 6.09. The Morgan fingerprint density at radius 2 is 2.04 bits per heavy atom. The normalized spacial score (nSPS) is 18.0. The van der Waals surface area contributed by atoms with Crippen molar-refractivity contribution < 1.29 is 14.0 Å². The summed E-state index contributed by atoms with van der Waals surface area (Å²) < 4.78 is 13.6. The van der Waals surface area contributed by atoms with Crippen molar-refractivity contribution in [2.75, 3.05) is 6.54 Å². The highest BCUT2D eigenvalue weighted by molar-refractivity contribution is 6.04. The Kier molecular flexibility index (Phi) is 4.30. The van der Waals surface area contributed by atoms with E-state index in [-0.39, 0.29) is 17.8 Å². The van der Waals surface area contributed by atoms with E-state index in [1.165, 1.54) is 11.0 Å². The van der Waals surface area contributed by atoms with Gasteiger partial charge in [-0.3, -0.25) is 9.69 Å². The van der Waals surface area contributed by atoms with Crippen LogP contribution in [0.25, 0.3) is 10.9 Å². The van der Waals surface area contributed by atoms with Crippen molar-refractivity contribution in [2.24, 2.45) is 5.92 Å². The van der Waals surface area contributed by atoms with E-state index in [2.05, 4.69) is 10.3 Å². The number of rotatable bonds is 5. The van der Waals surface area contributed by atoms with Crippen LogP contribution in [0.15, 0.2) is 18.3 Å². The molecule has 1 aliphatic heterocycles. The summed E-state index contributed by atoms with van der Waals surface area (Å²) in [5, 5.41) is 3.68. The number of hydrogen-bond donors (Lipinski definition) is 2. The molecule has 0 saturated carbocycles. The van der Waals surface area contributed by atoms with Crippen LogP contribution in [-0.4, -0.2) is 34.4 Å². The summed E-state index contributed by atoms with van der Waals surface area (Å²) in [5.74, 6) is -0.0667. The first kappa shape index (κ1) is 16.5. The Morgan fingerprint density at radius 3 is 2.75 bits per heavy atom. The number of aryl methyl sites for hydroxylation is 1. The van der Waals surface area contributed by atoms with Crippen molar-refractivity contribution in [1.29, 1.82) is 0 Å². The molecule has 24 heavy (non-hydrogen) atoms. The van der Waals surface area contributed by atoms with Crippen LogP contribution < -0.4 is 5.32 Å². The Morgan fingerprint density at radius 1 is 1.29 bits per heavy atom. The minimum atomic E-state index is -0.420. The van der Waals surface area contributed by atoms with Crippen LogP contribution in [0, 0.1) is 18.7 Å². The Hall–Kier alpha value is -2.37. The maximum absolute atomic E-state index is 13.6. The number of aromatic amines is 1. The summed E-state index contributed by atoms with van der Waals surface area (Å²) in [5.41, 5.74) is 2.28. The van der Waals surface area contributed by atoms with Gasteiger partial charge in [-0.1, -0.05) is 13.8 Å². The van der Waals surface area contributed by atoms with Crippen LogP contribution in [0.5, 0.6) is 0 Å². The van der Waals surface area contributed by atoms with E-state index < -0.39 is 6.04 Å². The first-order valence-corrected chi connectivity index (χ1v) is 8.24. The molecule has 1 aromatic carbocycles. The van der Waals surface area contributed by atoms with Crippen molar-refractivity contribution in [2.45, 2.75) is 39.7 Å². The van der Waals surface area contributed by atoms with Crippen LogP contribution >= 0.6 is 0 Å². The Labute approximate surface area is 140 Å². The average molecular weight is 331 g/mol. The van der Waals surface area contributed by atoms with Gasteiger partial charge in [0.2, 0.25) is 0 Å². The van der Waals surface area contributed by atoms with Crippen molar-refractivity contribution in [3.05, 3.63) is 35.3 Å². The molecule has 0 aliphatic carbocycles. The predicted octanol–water partition coefficient (Wildman–Crippen LogP) is 3.12. The van der Waals surface area contributed by atoms with Gasteiger partial charge in [0.1, 0.15) is 11.9 Å². The molecular weight excluding hydrogens is 309 g/mol. The lowest BCUT2D eigenvalue weighted by molar-refractivity contribution is -0.127. The number of carbonyl (C=O) groups excluding carboxylic acids is 2. The SMILES string of the molecule is Cc1cc2c(CCN3C(=O)N[C@@H](CC(C)C)C3=O)c[nH]c2cc1F. The molecular formula is C18H22FN3O2. The van der Waals surface area contributed by atoms with Crippen molar-refractivity contribution in [1.82, 2.24) is 15.2 Å². The molecule has 1 fully saturated rings. The van der Waals surface area contributed by atoms with Crippen molar-refractivity contribution >= 4 is 22.8 Å². The zero-order chi connectivity index (χ0) is 17.4. The number of H-pyrrole nitrogens is 1. The van der Waals surface area contributed by atoms with Crippen LogP contribution in [0.1, 0.15) is 31.4 Å². The number of amides is 3. The highest BCUT2D eigenvalue weighted by atomic mass is 19.1. The maximum Gasteiger partial charge on any atom is 0.324 e. The fraction of sp³-hybridized carbons (Fsp3) is 0.444. The van der Waals surface area contributed by atoms with Gasteiger partial charge in [-0.05, 0) is 48.9 Å². The zero-order valence-electron chi connectivity index (χ0n) is 14.1. The quantitative estimate of drug-likeness (QED) is 0.827. The number of fused-ring (bicyclic) bond motifs is 1. The van der Waals surface area contributed by atoms with Gasteiger partial charge in [-0.15, -0.1) is 0 Å². The van der Waals surface area contributed by atoms with Gasteiger partial charge < -0.3 is 10.3 Å². The molecule has 0 radical (unpaired) electrons. The van der Waals surface area contributed by atoms with Crippen LogP contribution in [0.4, 0.5) is 9.18 Å². The number of hydrogen-bond acceptors (Lipinski definition) is 2. The lowest BCUT2D eigenvalue weighted by Crippen LogP contribution is -2.33. The number of carbonyl (C=O) groups is 2. The van der Waals surface area contributed by atoms with E-state index in [0.29, 0.717) is 30.9 Å². The Bertz CT molecular complexity index is 797. The average Bonchev–Trinajstić information content (AvgIpc) is 2.99. The van der Waals surface area contributed by atoms with E-state index in [0.717, 1.165) is 16.5 Å². The van der Waals surface area contributed by atoms with Gasteiger partial charge in [0.25, 0.3) is 5.91 Å². The number of aromatic nitrogens is 1. The van der Waals surface area contributed by atoms with E-state index in [1.807, 2.05) is 20.0 Å². The largest absolute Gasteiger partial charge is 0.361 e. The van der Waals surface area contributed by atoms with Crippen molar-refractivity contribution in [3.8, 4) is 0 Å². The molecule has 2 heterocycles. The van der Waals surface area contributed by atoms with Gasteiger partial charge in [0.15, 0.2) is 0 Å². The molecule has 3 amide bonds. The summed E-state index contributed by atoms with van der Waals surface area (Å²) >= 11 is 0. The lowest BCUT2D eigenvalue weighted by Gasteiger charge is -2.13. The molecule has 1 saturated heterocycles. The number of benzene rings is 1. The molecule has 3 rings (SSSR count). The molecule has 6 heteroatoms. The van der Waals surface area contributed by atoms with E-state index >= 15 is 0 Å². The molecule has 1 aliphatic rings. The summed E-state index contributed by atoms with van der Waals surface area (Å²) in [7, 11) is 0.